The molecule has 1 atom stereocenters. The van der Waals surface area contributed by atoms with E-state index in [1.165, 1.54) is 38.5 Å². The summed E-state index contributed by atoms with van der Waals surface area (Å²) in [6.45, 7) is 3.87. The molecule has 0 heterocycles. The lowest BCUT2D eigenvalue weighted by molar-refractivity contribution is -0.122. The van der Waals surface area contributed by atoms with E-state index in [9.17, 15) is 4.79 Å². The second-order valence-electron chi connectivity index (χ2n) is 5.00. The Bertz CT molecular complexity index is 232. The molecule has 0 radical (unpaired) electrons. The zero-order chi connectivity index (χ0) is 9.53. The second kappa shape index (κ2) is 2.73. The zero-order valence-corrected chi connectivity index (χ0v) is 8.65. The van der Waals surface area contributed by atoms with Gasteiger partial charge in [-0.15, -0.1) is 0 Å². The average Bonchev–Trinajstić information content (AvgIpc) is 2.76. The summed E-state index contributed by atoms with van der Waals surface area (Å²) in [6, 6.07) is 0. The predicted molar refractivity (Wildman–Crippen MR) is 52.4 cm³/mol. The quantitative estimate of drug-likeness (QED) is 0.660. The molecule has 1 amide bonds. The molecule has 2 fully saturated rings. The fourth-order valence-electron chi connectivity index (χ4n) is 3.02. The van der Waals surface area contributed by atoms with Crippen LogP contribution < -0.4 is 5.32 Å². The normalized spacial score (nSPS) is 35.8. The molecule has 2 rings (SSSR count). The Kier molecular flexibility index (Phi) is 1.90. The highest BCUT2D eigenvalue weighted by molar-refractivity contribution is 5.74. The highest BCUT2D eigenvalue weighted by atomic mass is 16.1. The maximum absolute atomic E-state index is 11.1. The molecule has 74 valence electrons. The number of carbonyl (C=O) groups is 1. The summed E-state index contributed by atoms with van der Waals surface area (Å²) < 4.78 is 0. The molecule has 2 heteroatoms. The average molecular weight is 181 g/mol. The van der Waals surface area contributed by atoms with Gasteiger partial charge in [0.25, 0.3) is 0 Å². The van der Waals surface area contributed by atoms with Crippen molar-refractivity contribution in [2.24, 2.45) is 5.41 Å². The largest absolute Gasteiger partial charge is 0.351 e. The van der Waals surface area contributed by atoms with Gasteiger partial charge in [-0.2, -0.15) is 0 Å². The first-order valence-corrected chi connectivity index (χ1v) is 5.37. The van der Waals surface area contributed by atoms with Crippen molar-refractivity contribution in [3.05, 3.63) is 0 Å². The molecular weight excluding hydrogens is 162 g/mol. The third-order valence-corrected chi connectivity index (χ3v) is 4.06. The minimum atomic E-state index is 0.108. The van der Waals surface area contributed by atoms with Gasteiger partial charge in [0.1, 0.15) is 0 Å². The summed E-state index contributed by atoms with van der Waals surface area (Å²) in [5.41, 5.74) is 0.591. The van der Waals surface area contributed by atoms with Crippen LogP contribution in [0.1, 0.15) is 52.4 Å². The van der Waals surface area contributed by atoms with Gasteiger partial charge in [-0.05, 0) is 38.0 Å². The highest BCUT2D eigenvalue weighted by Gasteiger charge is 2.57. The number of carbonyl (C=O) groups excluding carboxylic acids is 1. The SMILES string of the molecule is CC(=O)N[C@@]1(C)CCCCC12CC2. The van der Waals surface area contributed by atoms with Crippen LogP contribution in [0, 0.1) is 5.41 Å². The van der Waals surface area contributed by atoms with E-state index in [1.54, 1.807) is 6.92 Å². The summed E-state index contributed by atoms with van der Waals surface area (Å²) in [5, 5.41) is 3.17. The number of hydrogen-bond donors (Lipinski definition) is 1. The molecular formula is C11H19NO. The van der Waals surface area contributed by atoms with E-state index in [1.807, 2.05) is 0 Å². The molecule has 0 aliphatic heterocycles. The Morgan fingerprint density at radius 3 is 2.31 bits per heavy atom. The summed E-state index contributed by atoms with van der Waals surface area (Å²) in [7, 11) is 0. The van der Waals surface area contributed by atoms with Crippen LogP contribution in [-0.4, -0.2) is 11.4 Å². The van der Waals surface area contributed by atoms with Gasteiger partial charge in [0.2, 0.25) is 5.91 Å². The van der Waals surface area contributed by atoms with Crippen LogP contribution in [0.3, 0.4) is 0 Å². The summed E-state index contributed by atoms with van der Waals surface area (Å²) in [5.74, 6) is 0.135. The Labute approximate surface area is 80.1 Å². The van der Waals surface area contributed by atoms with Gasteiger partial charge in [-0.25, -0.2) is 0 Å². The summed E-state index contributed by atoms with van der Waals surface area (Å²) in [4.78, 5) is 11.1. The van der Waals surface area contributed by atoms with Crippen molar-refractivity contribution in [3.8, 4) is 0 Å². The minimum Gasteiger partial charge on any atom is -0.351 e. The summed E-state index contributed by atoms with van der Waals surface area (Å²) in [6.07, 6.45) is 7.78. The number of hydrogen-bond acceptors (Lipinski definition) is 1. The van der Waals surface area contributed by atoms with E-state index in [0.29, 0.717) is 5.41 Å². The van der Waals surface area contributed by atoms with Crippen LogP contribution in [0.15, 0.2) is 0 Å². The maximum Gasteiger partial charge on any atom is 0.217 e. The van der Waals surface area contributed by atoms with Gasteiger partial charge in [0.15, 0.2) is 0 Å². The van der Waals surface area contributed by atoms with Crippen molar-refractivity contribution < 1.29 is 4.79 Å². The molecule has 2 aliphatic rings. The van der Waals surface area contributed by atoms with E-state index in [4.69, 9.17) is 0 Å². The van der Waals surface area contributed by atoms with Crippen molar-refractivity contribution in [1.82, 2.24) is 5.32 Å². The molecule has 0 aromatic rings. The van der Waals surface area contributed by atoms with Crippen molar-refractivity contribution in [3.63, 3.8) is 0 Å². The van der Waals surface area contributed by atoms with E-state index >= 15 is 0 Å². The lowest BCUT2D eigenvalue weighted by atomic mass is 9.71. The Morgan fingerprint density at radius 2 is 1.77 bits per heavy atom. The molecule has 0 bridgehead atoms. The van der Waals surface area contributed by atoms with Crippen molar-refractivity contribution in [2.75, 3.05) is 0 Å². The van der Waals surface area contributed by atoms with Crippen LogP contribution in [-0.2, 0) is 4.79 Å². The highest BCUT2D eigenvalue weighted by Crippen LogP contribution is 2.61. The lowest BCUT2D eigenvalue weighted by Crippen LogP contribution is -2.53. The van der Waals surface area contributed by atoms with E-state index < -0.39 is 0 Å². The first-order chi connectivity index (χ1) is 6.08. The van der Waals surface area contributed by atoms with Gasteiger partial charge in [-0.3, -0.25) is 4.79 Å². The van der Waals surface area contributed by atoms with Crippen LogP contribution in [0.5, 0.6) is 0 Å². The molecule has 0 saturated heterocycles. The fourth-order valence-corrected chi connectivity index (χ4v) is 3.02. The van der Waals surface area contributed by atoms with Crippen LogP contribution in [0.25, 0.3) is 0 Å². The fraction of sp³-hybridized carbons (Fsp3) is 0.909. The molecule has 0 aromatic heterocycles. The molecule has 0 unspecified atom stereocenters. The predicted octanol–water partition coefficient (Wildman–Crippen LogP) is 2.24. The third-order valence-electron chi connectivity index (χ3n) is 4.06. The Morgan fingerprint density at radius 1 is 1.15 bits per heavy atom. The number of amides is 1. The molecule has 2 nitrogen and oxygen atoms in total. The van der Waals surface area contributed by atoms with Crippen LogP contribution in [0.2, 0.25) is 0 Å². The van der Waals surface area contributed by atoms with Crippen LogP contribution >= 0.6 is 0 Å². The van der Waals surface area contributed by atoms with Crippen molar-refractivity contribution in [1.29, 1.82) is 0 Å². The standard InChI is InChI=1S/C11H19NO/c1-9(13)12-10(2)5-3-4-6-11(10)7-8-11/h3-8H2,1-2H3,(H,12,13)/t10-/m0/s1. The molecule has 13 heavy (non-hydrogen) atoms. The number of rotatable bonds is 1. The monoisotopic (exact) mass is 181 g/mol. The lowest BCUT2D eigenvalue weighted by Gasteiger charge is -2.42. The first kappa shape index (κ1) is 9.04. The Hall–Kier alpha value is -0.530. The van der Waals surface area contributed by atoms with Crippen LogP contribution in [0.4, 0.5) is 0 Å². The van der Waals surface area contributed by atoms with Crippen molar-refractivity contribution in [2.45, 2.75) is 57.9 Å². The second-order valence-corrected chi connectivity index (χ2v) is 5.00. The molecule has 0 aromatic carbocycles. The maximum atomic E-state index is 11.1. The molecule has 2 aliphatic carbocycles. The number of nitrogens with one attached hydrogen (secondary N) is 1. The van der Waals surface area contributed by atoms with E-state index in [-0.39, 0.29) is 11.4 Å². The first-order valence-electron chi connectivity index (χ1n) is 5.37. The van der Waals surface area contributed by atoms with Gasteiger partial charge < -0.3 is 5.32 Å². The summed E-state index contributed by atoms with van der Waals surface area (Å²) >= 11 is 0. The van der Waals surface area contributed by atoms with E-state index in [0.717, 1.165) is 0 Å². The molecule has 1 spiro atoms. The zero-order valence-electron chi connectivity index (χ0n) is 8.65. The smallest absolute Gasteiger partial charge is 0.217 e. The Balaban J connectivity index is 2.13. The van der Waals surface area contributed by atoms with Gasteiger partial charge in [-0.1, -0.05) is 12.8 Å². The van der Waals surface area contributed by atoms with Crippen molar-refractivity contribution >= 4 is 5.91 Å². The minimum absolute atomic E-state index is 0.108. The van der Waals surface area contributed by atoms with Gasteiger partial charge in [0.05, 0.1) is 0 Å². The topological polar surface area (TPSA) is 29.1 Å². The van der Waals surface area contributed by atoms with E-state index in [2.05, 4.69) is 12.2 Å². The molecule has 2 saturated carbocycles. The third kappa shape index (κ3) is 1.36. The van der Waals surface area contributed by atoms with Gasteiger partial charge >= 0.3 is 0 Å². The molecule has 1 N–H and O–H groups in total. The van der Waals surface area contributed by atoms with Gasteiger partial charge in [0, 0.05) is 12.5 Å².